The summed E-state index contributed by atoms with van der Waals surface area (Å²) in [5, 5.41) is 19.5. The lowest BCUT2D eigenvalue weighted by molar-refractivity contribution is -0.385. The molecule has 0 aliphatic heterocycles. The fraction of sp³-hybridized carbons (Fsp3) is 0.417. The van der Waals surface area contributed by atoms with Crippen LogP contribution in [0.25, 0.3) is 0 Å². The highest BCUT2D eigenvalue weighted by Crippen LogP contribution is 2.27. The van der Waals surface area contributed by atoms with Crippen LogP contribution < -0.4 is 4.74 Å². The maximum Gasteiger partial charge on any atom is 0.342 e. The second kappa shape index (κ2) is 6.80. The maximum absolute atomic E-state index is 13.6. The molecule has 0 heterocycles. The molecule has 0 spiro atoms. The van der Waals surface area contributed by atoms with Crippen molar-refractivity contribution in [3.8, 4) is 5.75 Å². The van der Waals surface area contributed by atoms with E-state index in [-0.39, 0.29) is 25.1 Å². The van der Waals surface area contributed by atoms with E-state index in [0.29, 0.717) is 6.07 Å². The highest BCUT2D eigenvalue weighted by Gasteiger charge is 2.23. The van der Waals surface area contributed by atoms with Crippen molar-refractivity contribution >= 4 is 11.7 Å². The van der Waals surface area contributed by atoms with E-state index in [1.165, 1.54) is 0 Å². The van der Waals surface area contributed by atoms with Crippen molar-refractivity contribution in [3.05, 3.63) is 33.6 Å². The van der Waals surface area contributed by atoms with Gasteiger partial charge in [-0.3, -0.25) is 10.1 Å². The fourth-order valence-corrected chi connectivity index (χ4v) is 1.41. The zero-order valence-electron chi connectivity index (χ0n) is 11.0. The minimum absolute atomic E-state index is 0.00592. The van der Waals surface area contributed by atoms with E-state index >= 15 is 0 Å². The van der Waals surface area contributed by atoms with E-state index in [4.69, 9.17) is 14.6 Å². The van der Waals surface area contributed by atoms with Crippen LogP contribution in [0.1, 0.15) is 24.2 Å². The molecule has 110 valence electrons. The zero-order chi connectivity index (χ0) is 15.3. The summed E-state index contributed by atoms with van der Waals surface area (Å²) in [6.45, 7) is 3.83. The molecular weight excluding hydrogens is 273 g/mol. The number of aromatic carboxylic acids is 1. The molecule has 1 N–H and O–H groups in total. The first-order valence-electron chi connectivity index (χ1n) is 5.78. The highest BCUT2D eigenvalue weighted by molar-refractivity contribution is 5.92. The Kier molecular flexibility index (Phi) is 5.39. The molecule has 7 nitrogen and oxygen atoms in total. The quantitative estimate of drug-likeness (QED) is 0.469. The van der Waals surface area contributed by atoms with Crippen molar-refractivity contribution in [2.24, 2.45) is 0 Å². The van der Waals surface area contributed by atoms with E-state index in [0.717, 1.165) is 6.07 Å². The number of nitro groups is 1. The summed E-state index contributed by atoms with van der Waals surface area (Å²) >= 11 is 0. The summed E-state index contributed by atoms with van der Waals surface area (Å²) < 4.78 is 23.8. The summed E-state index contributed by atoms with van der Waals surface area (Å²) in [7, 11) is 0. The van der Waals surface area contributed by atoms with Crippen molar-refractivity contribution in [3.63, 3.8) is 0 Å². The molecule has 1 rings (SSSR count). The monoisotopic (exact) mass is 287 g/mol. The lowest BCUT2D eigenvalue weighted by atomic mass is 10.1. The van der Waals surface area contributed by atoms with E-state index in [1.54, 1.807) is 0 Å². The Morgan fingerprint density at radius 2 is 2.10 bits per heavy atom. The SMILES string of the molecule is CC(C)OCCOc1cc(C(=O)O)c([N+](=O)[O-])cc1F. The number of nitro benzene ring substituents is 1. The van der Waals surface area contributed by atoms with Crippen molar-refractivity contribution in [2.45, 2.75) is 20.0 Å². The Bertz CT molecular complexity index is 517. The van der Waals surface area contributed by atoms with Crippen LogP contribution in [-0.4, -0.2) is 35.3 Å². The molecule has 0 saturated carbocycles. The standard InChI is InChI=1S/C12H14FNO6/c1-7(2)19-3-4-20-11-5-8(12(15)16)10(14(17)18)6-9(11)13/h5-7H,3-4H2,1-2H3,(H,15,16). The number of benzene rings is 1. The number of carboxylic acid groups (broad SMARTS) is 1. The summed E-state index contributed by atoms with van der Waals surface area (Å²) in [6.07, 6.45) is -0.0186. The van der Waals surface area contributed by atoms with Gasteiger partial charge in [-0.05, 0) is 13.8 Å². The number of hydrogen-bond acceptors (Lipinski definition) is 5. The second-order valence-electron chi connectivity index (χ2n) is 4.13. The third-order valence-electron chi connectivity index (χ3n) is 2.27. The molecule has 0 radical (unpaired) electrons. The van der Waals surface area contributed by atoms with Crippen LogP contribution in [-0.2, 0) is 4.74 Å². The Morgan fingerprint density at radius 1 is 1.45 bits per heavy atom. The molecule has 0 aromatic heterocycles. The Hall–Kier alpha value is -2.22. The number of nitrogens with zero attached hydrogens (tertiary/aromatic N) is 1. The first-order chi connectivity index (χ1) is 9.32. The minimum atomic E-state index is -1.53. The Balaban J connectivity index is 2.90. The molecule has 20 heavy (non-hydrogen) atoms. The van der Waals surface area contributed by atoms with Crippen LogP contribution in [0, 0.1) is 15.9 Å². The highest BCUT2D eigenvalue weighted by atomic mass is 19.1. The van der Waals surface area contributed by atoms with Crippen molar-refractivity contribution in [1.82, 2.24) is 0 Å². The third kappa shape index (κ3) is 4.16. The summed E-state index contributed by atoms with van der Waals surface area (Å²) in [4.78, 5) is 20.6. The third-order valence-corrected chi connectivity index (χ3v) is 2.27. The van der Waals surface area contributed by atoms with Gasteiger partial charge < -0.3 is 14.6 Å². The van der Waals surface area contributed by atoms with Gasteiger partial charge in [0.05, 0.1) is 23.7 Å². The van der Waals surface area contributed by atoms with Gasteiger partial charge in [-0.2, -0.15) is 0 Å². The second-order valence-corrected chi connectivity index (χ2v) is 4.13. The van der Waals surface area contributed by atoms with Gasteiger partial charge in [0.25, 0.3) is 5.69 Å². The number of ether oxygens (including phenoxy) is 2. The van der Waals surface area contributed by atoms with Gasteiger partial charge in [-0.1, -0.05) is 0 Å². The van der Waals surface area contributed by atoms with Crippen molar-refractivity contribution < 1.29 is 28.7 Å². The molecule has 8 heteroatoms. The van der Waals surface area contributed by atoms with Gasteiger partial charge in [0.1, 0.15) is 12.2 Å². The van der Waals surface area contributed by atoms with E-state index in [9.17, 15) is 19.3 Å². The normalized spacial score (nSPS) is 10.6. The summed E-state index contributed by atoms with van der Waals surface area (Å²) in [6, 6.07) is 1.33. The summed E-state index contributed by atoms with van der Waals surface area (Å²) in [5.74, 6) is -2.88. The molecule has 1 aromatic carbocycles. The molecule has 0 unspecified atom stereocenters. The predicted molar refractivity (Wildman–Crippen MR) is 66.6 cm³/mol. The van der Waals surface area contributed by atoms with Crippen LogP contribution in [0.2, 0.25) is 0 Å². The number of carboxylic acids is 1. The molecular formula is C12H14FNO6. The van der Waals surface area contributed by atoms with Crippen LogP contribution in [0.4, 0.5) is 10.1 Å². The van der Waals surface area contributed by atoms with Crippen LogP contribution >= 0.6 is 0 Å². The van der Waals surface area contributed by atoms with Gasteiger partial charge in [0.15, 0.2) is 11.6 Å². The number of carbonyl (C=O) groups is 1. The average Bonchev–Trinajstić information content (AvgIpc) is 2.34. The van der Waals surface area contributed by atoms with Gasteiger partial charge in [-0.15, -0.1) is 0 Å². The molecule has 0 fully saturated rings. The molecule has 0 aliphatic carbocycles. The number of rotatable bonds is 7. The Morgan fingerprint density at radius 3 is 2.60 bits per heavy atom. The lowest BCUT2D eigenvalue weighted by Crippen LogP contribution is -2.12. The fourth-order valence-electron chi connectivity index (χ4n) is 1.41. The minimum Gasteiger partial charge on any atom is -0.488 e. The molecule has 0 saturated heterocycles. The largest absolute Gasteiger partial charge is 0.488 e. The maximum atomic E-state index is 13.6. The summed E-state index contributed by atoms with van der Waals surface area (Å²) in [5.41, 5.74) is -1.45. The lowest BCUT2D eigenvalue weighted by Gasteiger charge is -2.10. The molecule has 0 amide bonds. The topological polar surface area (TPSA) is 98.9 Å². The number of halogens is 1. The first-order valence-corrected chi connectivity index (χ1v) is 5.78. The van der Waals surface area contributed by atoms with Gasteiger partial charge in [-0.25, -0.2) is 9.18 Å². The van der Waals surface area contributed by atoms with Crippen LogP contribution in [0.3, 0.4) is 0 Å². The molecule has 0 aliphatic rings. The van der Waals surface area contributed by atoms with E-state index < -0.39 is 28.0 Å². The van der Waals surface area contributed by atoms with Crippen LogP contribution in [0.15, 0.2) is 12.1 Å². The smallest absolute Gasteiger partial charge is 0.342 e. The van der Waals surface area contributed by atoms with Gasteiger partial charge >= 0.3 is 5.97 Å². The van der Waals surface area contributed by atoms with E-state index in [1.807, 2.05) is 13.8 Å². The van der Waals surface area contributed by atoms with E-state index in [2.05, 4.69) is 0 Å². The van der Waals surface area contributed by atoms with Crippen molar-refractivity contribution in [1.29, 1.82) is 0 Å². The molecule has 0 atom stereocenters. The van der Waals surface area contributed by atoms with Crippen molar-refractivity contribution in [2.75, 3.05) is 13.2 Å². The predicted octanol–water partition coefficient (Wildman–Crippen LogP) is 2.24. The van der Waals surface area contributed by atoms with Crippen LogP contribution in [0.5, 0.6) is 5.75 Å². The zero-order valence-corrected chi connectivity index (χ0v) is 11.0. The van der Waals surface area contributed by atoms with Gasteiger partial charge in [0, 0.05) is 6.07 Å². The number of hydrogen-bond donors (Lipinski definition) is 1. The van der Waals surface area contributed by atoms with Gasteiger partial charge in [0.2, 0.25) is 0 Å². The molecule has 0 bridgehead atoms. The first kappa shape index (κ1) is 15.8. The Labute approximate surface area is 114 Å². The molecule has 1 aromatic rings. The average molecular weight is 287 g/mol.